The maximum atomic E-state index is 12.0. The molecule has 0 amide bonds. The molecule has 1 aromatic carbocycles. The van der Waals surface area contributed by atoms with Crippen LogP contribution >= 0.6 is 11.3 Å². The van der Waals surface area contributed by atoms with Crippen molar-refractivity contribution in [2.24, 2.45) is 0 Å². The quantitative estimate of drug-likeness (QED) is 0.638. The average molecular weight is 344 g/mol. The van der Waals surface area contributed by atoms with Gasteiger partial charge in [-0.2, -0.15) is 0 Å². The minimum atomic E-state index is -0.398. The fourth-order valence-electron chi connectivity index (χ4n) is 2.64. The monoisotopic (exact) mass is 344 g/mol. The van der Waals surface area contributed by atoms with Gasteiger partial charge in [-0.25, -0.2) is 9.78 Å². The van der Waals surface area contributed by atoms with Gasteiger partial charge in [0.05, 0.1) is 13.7 Å². The molecular weight excluding hydrogens is 324 g/mol. The van der Waals surface area contributed by atoms with Crippen LogP contribution in [0.4, 0.5) is 0 Å². The van der Waals surface area contributed by atoms with Crippen LogP contribution in [0.2, 0.25) is 0 Å². The molecule has 0 N–H and O–H groups in total. The maximum Gasteiger partial charge on any atom is 0.354 e. The van der Waals surface area contributed by atoms with Gasteiger partial charge >= 0.3 is 5.97 Å². The van der Waals surface area contributed by atoms with Crippen LogP contribution in [0, 0.1) is 0 Å². The maximum absolute atomic E-state index is 12.0. The third-order valence-corrected chi connectivity index (χ3v) is 4.84. The zero-order chi connectivity index (χ0) is 17.3. The minimum absolute atomic E-state index is 0.313. The highest BCUT2D eigenvalue weighted by atomic mass is 32.1. The molecule has 0 unspecified atom stereocenters. The van der Waals surface area contributed by atoms with E-state index in [1.54, 1.807) is 6.92 Å². The molecule has 126 valence electrons. The van der Waals surface area contributed by atoms with E-state index in [4.69, 9.17) is 9.47 Å². The lowest BCUT2D eigenvalue weighted by molar-refractivity contribution is 0.0528. The van der Waals surface area contributed by atoms with E-state index in [2.05, 4.69) is 47.8 Å². The molecule has 0 radical (unpaired) electrons. The second kappa shape index (κ2) is 6.65. The highest BCUT2D eigenvalue weighted by Gasteiger charge is 2.21. The molecule has 6 heteroatoms. The van der Waals surface area contributed by atoms with Crippen LogP contribution in [0.25, 0.3) is 21.5 Å². The molecule has 3 aromatic rings. The number of ether oxygens (including phenoxy) is 2. The first-order valence-corrected chi connectivity index (χ1v) is 8.69. The van der Waals surface area contributed by atoms with Crippen molar-refractivity contribution < 1.29 is 14.3 Å². The molecule has 0 aliphatic rings. The van der Waals surface area contributed by atoms with Crippen LogP contribution in [0.1, 0.15) is 36.5 Å². The van der Waals surface area contributed by atoms with E-state index < -0.39 is 5.97 Å². The summed E-state index contributed by atoms with van der Waals surface area (Å²) < 4.78 is 12.5. The third kappa shape index (κ3) is 2.89. The van der Waals surface area contributed by atoms with Crippen molar-refractivity contribution in [2.75, 3.05) is 13.7 Å². The topological polar surface area (TPSA) is 53.4 Å². The van der Waals surface area contributed by atoms with Crippen molar-refractivity contribution in [3.05, 3.63) is 35.3 Å². The number of benzene rings is 1. The van der Waals surface area contributed by atoms with Gasteiger partial charge in [0.15, 0.2) is 4.88 Å². The zero-order valence-electron chi connectivity index (χ0n) is 14.2. The molecule has 3 rings (SSSR count). The minimum Gasteiger partial charge on any atom is -0.480 e. The number of rotatable bonds is 5. The third-order valence-electron chi connectivity index (χ3n) is 3.77. The molecule has 0 atom stereocenters. The largest absolute Gasteiger partial charge is 0.480 e. The van der Waals surface area contributed by atoms with Crippen LogP contribution in [0.5, 0.6) is 5.88 Å². The van der Waals surface area contributed by atoms with Crippen molar-refractivity contribution >= 4 is 28.2 Å². The summed E-state index contributed by atoms with van der Waals surface area (Å²) in [5.41, 5.74) is 2.14. The van der Waals surface area contributed by atoms with Gasteiger partial charge in [-0.15, -0.1) is 11.3 Å². The number of methoxy groups -OCH3 is 1. The Morgan fingerprint density at radius 3 is 2.79 bits per heavy atom. The van der Waals surface area contributed by atoms with Crippen molar-refractivity contribution in [1.29, 1.82) is 0 Å². The summed E-state index contributed by atoms with van der Waals surface area (Å²) in [6.07, 6.45) is 2.09. The molecular formula is C18H20N2O3S. The van der Waals surface area contributed by atoms with E-state index in [1.807, 2.05) is 6.07 Å². The molecule has 0 fully saturated rings. The smallest absolute Gasteiger partial charge is 0.354 e. The second-order valence-electron chi connectivity index (χ2n) is 5.67. The van der Waals surface area contributed by atoms with Gasteiger partial charge in [0.25, 0.3) is 0 Å². The lowest BCUT2D eigenvalue weighted by Crippen LogP contribution is -2.04. The van der Waals surface area contributed by atoms with Crippen molar-refractivity contribution in [3.63, 3.8) is 0 Å². The van der Waals surface area contributed by atoms with Gasteiger partial charge in [-0.05, 0) is 45.0 Å². The molecule has 0 aliphatic heterocycles. The molecule has 0 saturated heterocycles. The fraction of sp³-hybridized carbons (Fsp3) is 0.333. The predicted molar refractivity (Wildman–Crippen MR) is 95.9 cm³/mol. The lowest BCUT2D eigenvalue weighted by Gasteiger charge is -2.09. The second-order valence-corrected chi connectivity index (χ2v) is 6.67. The van der Waals surface area contributed by atoms with Crippen LogP contribution in [0.3, 0.4) is 0 Å². The Morgan fingerprint density at radius 1 is 1.33 bits per heavy atom. The standard InChI is InChI=1S/C18H20N2O3S/c1-5-23-18(21)15-16(22-4)19-17(24-15)13-6-7-14-12(10-13)8-9-20(14)11(2)3/h6-11H,5H2,1-4H3. The number of fused-ring (bicyclic) bond motifs is 1. The van der Waals surface area contributed by atoms with E-state index in [0.29, 0.717) is 23.4 Å². The van der Waals surface area contributed by atoms with Crippen LogP contribution < -0.4 is 4.74 Å². The predicted octanol–water partition coefficient (Wildman–Crippen LogP) is 4.53. The van der Waals surface area contributed by atoms with E-state index in [1.165, 1.54) is 24.0 Å². The summed E-state index contributed by atoms with van der Waals surface area (Å²) in [6, 6.07) is 8.69. The fourth-order valence-corrected chi connectivity index (χ4v) is 3.57. The Morgan fingerprint density at radius 2 is 2.12 bits per heavy atom. The zero-order valence-corrected chi connectivity index (χ0v) is 15.0. The number of carbonyl (C=O) groups excluding carboxylic acids is 1. The van der Waals surface area contributed by atoms with E-state index in [0.717, 1.165) is 16.0 Å². The number of aromatic nitrogens is 2. The molecule has 0 saturated carbocycles. The molecule has 0 spiro atoms. The van der Waals surface area contributed by atoms with Crippen molar-refractivity contribution in [1.82, 2.24) is 9.55 Å². The number of thiazole rings is 1. The highest BCUT2D eigenvalue weighted by molar-refractivity contribution is 7.17. The van der Waals surface area contributed by atoms with E-state index in [-0.39, 0.29) is 0 Å². The Labute approximate surface area is 144 Å². The Bertz CT molecular complexity index is 880. The summed E-state index contributed by atoms with van der Waals surface area (Å²) in [6.45, 7) is 6.42. The van der Waals surface area contributed by atoms with Gasteiger partial charge in [0, 0.05) is 28.7 Å². The first-order chi connectivity index (χ1) is 11.5. The molecule has 0 bridgehead atoms. The summed E-state index contributed by atoms with van der Waals surface area (Å²) in [4.78, 5) is 16.9. The van der Waals surface area contributed by atoms with Gasteiger partial charge < -0.3 is 14.0 Å². The summed E-state index contributed by atoms with van der Waals surface area (Å²) in [5.74, 6) is -0.0848. The summed E-state index contributed by atoms with van der Waals surface area (Å²) >= 11 is 1.29. The number of hydrogen-bond donors (Lipinski definition) is 0. The van der Waals surface area contributed by atoms with Crippen molar-refractivity contribution in [2.45, 2.75) is 26.8 Å². The summed E-state index contributed by atoms with van der Waals surface area (Å²) in [5, 5.41) is 1.89. The molecule has 0 aliphatic carbocycles. The number of carbonyl (C=O) groups is 1. The Kier molecular flexibility index (Phi) is 4.57. The molecule has 2 heterocycles. The number of esters is 1. The van der Waals surface area contributed by atoms with Gasteiger partial charge in [0.2, 0.25) is 5.88 Å². The first-order valence-electron chi connectivity index (χ1n) is 7.88. The first kappa shape index (κ1) is 16.5. The average Bonchev–Trinajstić information content (AvgIpc) is 3.18. The SMILES string of the molecule is CCOC(=O)c1sc(-c2ccc3c(ccn3C(C)C)c2)nc1OC. The lowest BCUT2D eigenvalue weighted by atomic mass is 10.1. The van der Waals surface area contributed by atoms with E-state index in [9.17, 15) is 4.79 Å². The number of hydrogen-bond acceptors (Lipinski definition) is 5. The van der Waals surface area contributed by atoms with Crippen LogP contribution in [-0.2, 0) is 4.74 Å². The van der Waals surface area contributed by atoms with Gasteiger partial charge in [0.1, 0.15) is 5.01 Å². The molecule has 5 nitrogen and oxygen atoms in total. The van der Waals surface area contributed by atoms with Gasteiger partial charge in [-0.1, -0.05) is 0 Å². The highest BCUT2D eigenvalue weighted by Crippen LogP contribution is 2.34. The Hall–Kier alpha value is -2.34. The van der Waals surface area contributed by atoms with Crippen LogP contribution in [0.15, 0.2) is 30.5 Å². The molecule has 24 heavy (non-hydrogen) atoms. The van der Waals surface area contributed by atoms with Crippen molar-refractivity contribution in [3.8, 4) is 16.5 Å². The normalized spacial score (nSPS) is 11.2. The molecule has 2 aromatic heterocycles. The van der Waals surface area contributed by atoms with E-state index >= 15 is 0 Å². The van der Waals surface area contributed by atoms with Gasteiger partial charge in [-0.3, -0.25) is 0 Å². The summed E-state index contributed by atoms with van der Waals surface area (Å²) in [7, 11) is 1.51. The Balaban J connectivity index is 2.02. The van der Waals surface area contributed by atoms with Crippen LogP contribution in [-0.4, -0.2) is 29.2 Å². The number of nitrogens with zero attached hydrogens (tertiary/aromatic N) is 2.